The summed E-state index contributed by atoms with van der Waals surface area (Å²) >= 11 is 0. The van der Waals surface area contributed by atoms with E-state index in [9.17, 15) is 4.79 Å². The number of hydrogen-bond donors (Lipinski definition) is 2. The van der Waals surface area contributed by atoms with Gasteiger partial charge in [0, 0.05) is 24.7 Å². The number of rotatable bonds is 6. The van der Waals surface area contributed by atoms with Crippen LogP contribution in [-0.4, -0.2) is 37.4 Å². The molecule has 0 radical (unpaired) electrons. The molecule has 0 aliphatic rings. The molecule has 1 unspecified atom stereocenters. The van der Waals surface area contributed by atoms with E-state index in [4.69, 9.17) is 9.84 Å². The Morgan fingerprint density at radius 1 is 1.33 bits per heavy atom. The second kappa shape index (κ2) is 9.17. The summed E-state index contributed by atoms with van der Waals surface area (Å²) in [5.41, 5.74) is 1.43. The van der Waals surface area contributed by atoms with E-state index in [1.807, 2.05) is 13.8 Å². The fraction of sp³-hybridized carbons (Fsp3) is 0.471. The number of nitrogens with one attached hydrogen (secondary N) is 1. The molecule has 1 amide bonds. The molecule has 0 aliphatic carbocycles. The van der Waals surface area contributed by atoms with E-state index in [2.05, 4.69) is 17.2 Å². The van der Waals surface area contributed by atoms with E-state index in [0.29, 0.717) is 24.5 Å². The number of methoxy groups -OCH3 is 1. The first kappa shape index (κ1) is 17.2. The third-order valence-electron chi connectivity index (χ3n) is 3.08. The van der Waals surface area contributed by atoms with Crippen molar-refractivity contribution in [1.82, 2.24) is 5.32 Å². The van der Waals surface area contributed by atoms with Crippen LogP contribution < -0.4 is 5.32 Å². The zero-order valence-corrected chi connectivity index (χ0v) is 12.8. The Labute approximate surface area is 126 Å². The van der Waals surface area contributed by atoms with E-state index >= 15 is 0 Å². The largest absolute Gasteiger partial charge is 0.395 e. The smallest absolute Gasteiger partial charge is 0.251 e. The molecule has 1 aromatic carbocycles. The van der Waals surface area contributed by atoms with Crippen molar-refractivity contribution in [2.75, 3.05) is 20.3 Å². The van der Waals surface area contributed by atoms with Crippen molar-refractivity contribution >= 4 is 5.91 Å². The second-order valence-electron chi connectivity index (χ2n) is 5.13. The van der Waals surface area contributed by atoms with Crippen LogP contribution in [0, 0.1) is 17.8 Å². The molecule has 2 N–H and O–H groups in total. The van der Waals surface area contributed by atoms with Crippen molar-refractivity contribution in [1.29, 1.82) is 0 Å². The third-order valence-corrected chi connectivity index (χ3v) is 3.08. The van der Waals surface area contributed by atoms with Gasteiger partial charge < -0.3 is 15.2 Å². The van der Waals surface area contributed by atoms with E-state index in [1.54, 1.807) is 31.4 Å². The summed E-state index contributed by atoms with van der Waals surface area (Å²) in [5.74, 6) is 5.97. The Kier molecular flexibility index (Phi) is 7.52. The van der Waals surface area contributed by atoms with Crippen molar-refractivity contribution in [3.63, 3.8) is 0 Å². The first-order chi connectivity index (χ1) is 10.1. The van der Waals surface area contributed by atoms with Gasteiger partial charge in [-0.1, -0.05) is 25.7 Å². The third kappa shape index (κ3) is 5.99. The fourth-order valence-electron chi connectivity index (χ4n) is 1.76. The fourth-order valence-corrected chi connectivity index (χ4v) is 1.76. The molecule has 114 valence electrons. The van der Waals surface area contributed by atoms with Crippen molar-refractivity contribution in [2.24, 2.45) is 5.92 Å². The van der Waals surface area contributed by atoms with Crippen LogP contribution in [-0.2, 0) is 4.74 Å². The summed E-state index contributed by atoms with van der Waals surface area (Å²) in [7, 11) is 1.63. The lowest BCUT2D eigenvalue weighted by Gasteiger charge is -2.21. The van der Waals surface area contributed by atoms with Gasteiger partial charge in [0.25, 0.3) is 5.91 Å². The van der Waals surface area contributed by atoms with Crippen LogP contribution in [0.15, 0.2) is 24.3 Å². The van der Waals surface area contributed by atoms with E-state index in [1.165, 1.54) is 0 Å². The molecule has 21 heavy (non-hydrogen) atoms. The molecule has 1 atom stereocenters. The first-order valence-corrected chi connectivity index (χ1v) is 7.08. The summed E-state index contributed by atoms with van der Waals surface area (Å²) in [6.45, 7) is 4.64. The maximum Gasteiger partial charge on any atom is 0.251 e. The number of hydrogen-bond acceptors (Lipinski definition) is 3. The average Bonchev–Trinajstić information content (AvgIpc) is 2.47. The van der Waals surface area contributed by atoms with Gasteiger partial charge in [-0.05, 0) is 30.2 Å². The number of aliphatic hydroxyl groups excluding tert-OH is 1. The van der Waals surface area contributed by atoms with E-state index in [-0.39, 0.29) is 18.6 Å². The molecule has 0 spiro atoms. The maximum atomic E-state index is 12.2. The minimum atomic E-state index is -0.111. The molecular formula is C17H23NO3. The molecule has 0 fully saturated rings. The van der Waals surface area contributed by atoms with E-state index < -0.39 is 0 Å². The second-order valence-corrected chi connectivity index (χ2v) is 5.13. The highest BCUT2D eigenvalue weighted by molar-refractivity contribution is 5.94. The minimum absolute atomic E-state index is 0.00785. The molecule has 0 bridgehead atoms. The van der Waals surface area contributed by atoms with Gasteiger partial charge >= 0.3 is 0 Å². The number of carbonyl (C=O) groups is 1. The van der Waals surface area contributed by atoms with Crippen molar-refractivity contribution in [3.8, 4) is 11.8 Å². The van der Waals surface area contributed by atoms with Gasteiger partial charge in [0.2, 0.25) is 0 Å². The number of ether oxygens (including phenoxy) is 1. The Hall–Kier alpha value is -1.83. The summed E-state index contributed by atoms with van der Waals surface area (Å²) in [5, 5.41) is 11.6. The van der Waals surface area contributed by atoms with Gasteiger partial charge in [-0.15, -0.1) is 0 Å². The highest BCUT2D eigenvalue weighted by Crippen LogP contribution is 2.07. The minimum Gasteiger partial charge on any atom is -0.395 e. The zero-order chi connectivity index (χ0) is 15.7. The predicted octanol–water partition coefficient (Wildman–Crippen LogP) is 1.82. The van der Waals surface area contributed by atoms with Gasteiger partial charge in [0.15, 0.2) is 0 Å². The quantitative estimate of drug-likeness (QED) is 0.785. The van der Waals surface area contributed by atoms with Crippen LogP contribution in [0.1, 0.15) is 36.2 Å². The van der Waals surface area contributed by atoms with Crippen molar-refractivity contribution < 1.29 is 14.6 Å². The monoisotopic (exact) mass is 289 g/mol. The Morgan fingerprint density at radius 3 is 2.52 bits per heavy atom. The molecule has 0 saturated heterocycles. The number of amides is 1. The molecule has 0 aromatic heterocycles. The lowest BCUT2D eigenvalue weighted by Crippen LogP contribution is -2.41. The Morgan fingerprint density at radius 2 is 2.00 bits per heavy atom. The van der Waals surface area contributed by atoms with Crippen LogP contribution >= 0.6 is 0 Å². The van der Waals surface area contributed by atoms with E-state index in [0.717, 1.165) is 5.56 Å². The van der Waals surface area contributed by atoms with Crippen molar-refractivity contribution in [2.45, 2.75) is 26.3 Å². The van der Waals surface area contributed by atoms with Gasteiger partial charge in [-0.25, -0.2) is 0 Å². The highest BCUT2D eigenvalue weighted by Gasteiger charge is 2.16. The molecule has 4 nitrogen and oxygen atoms in total. The zero-order valence-electron chi connectivity index (χ0n) is 12.8. The molecule has 4 heteroatoms. The lowest BCUT2D eigenvalue weighted by molar-refractivity contribution is 0.0866. The molecule has 1 aromatic rings. The van der Waals surface area contributed by atoms with Gasteiger partial charge in [-0.3, -0.25) is 4.79 Å². The standard InChI is InChI=1S/C17H23NO3/c1-13(2)16(12-21-3)18-17(20)15-9-7-14(8-10-15)6-4-5-11-19/h7-10,13,16,19H,5,11-12H2,1-3H3,(H,18,20). The summed E-state index contributed by atoms with van der Waals surface area (Å²) < 4.78 is 5.12. The molecular weight excluding hydrogens is 266 g/mol. The van der Waals surface area contributed by atoms with Gasteiger partial charge in [-0.2, -0.15) is 0 Å². The van der Waals surface area contributed by atoms with Crippen molar-refractivity contribution in [3.05, 3.63) is 35.4 Å². The molecule has 1 rings (SSSR count). The number of carbonyl (C=O) groups excluding carboxylic acids is 1. The molecule has 0 aliphatic heterocycles. The van der Waals surface area contributed by atoms with Gasteiger partial charge in [0.05, 0.1) is 19.3 Å². The van der Waals surface area contributed by atoms with Crippen LogP contribution in [0.4, 0.5) is 0 Å². The molecule has 0 heterocycles. The molecule has 0 saturated carbocycles. The normalized spacial score (nSPS) is 11.7. The summed E-state index contributed by atoms with van der Waals surface area (Å²) in [6, 6.07) is 7.11. The number of aliphatic hydroxyl groups is 1. The Bertz CT molecular complexity index is 497. The maximum absolute atomic E-state index is 12.2. The highest BCUT2D eigenvalue weighted by atomic mass is 16.5. The summed E-state index contributed by atoms with van der Waals surface area (Å²) in [4.78, 5) is 12.2. The van der Waals surface area contributed by atoms with Crippen LogP contribution in [0.25, 0.3) is 0 Å². The summed E-state index contributed by atoms with van der Waals surface area (Å²) in [6.07, 6.45) is 0.454. The van der Waals surface area contributed by atoms with Crippen LogP contribution in [0.2, 0.25) is 0 Å². The Balaban J connectivity index is 2.68. The average molecular weight is 289 g/mol. The topological polar surface area (TPSA) is 58.6 Å². The first-order valence-electron chi connectivity index (χ1n) is 7.08. The predicted molar refractivity (Wildman–Crippen MR) is 83.0 cm³/mol. The number of benzene rings is 1. The van der Waals surface area contributed by atoms with Crippen LogP contribution in [0.5, 0.6) is 0 Å². The van der Waals surface area contributed by atoms with Gasteiger partial charge in [0.1, 0.15) is 0 Å². The lowest BCUT2D eigenvalue weighted by atomic mass is 10.0. The SMILES string of the molecule is COCC(NC(=O)c1ccc(C#CCCO)cc1)C(C)C. The van der Waals surface area contributed by atoms with Crippen LogP contribution in [0.3, 0.4) is 0 Å².